The molecule has 0 bridgehead atoms. The SMILES string of the molecule is CC(Sc1nccn1-c1cccc(F)c1)C(=O)Nc1ccc(N(C)C)cc1. The van der Waals surface area contributed by atoms with Crippen LogP contribution in [-0.4, -0.2) is 34.8 Å². The third kappa shape index (κ3) is 4.68. The highest BCUT2D eigenvalue weighted by Crippen LogP contribution is 2.26. The number of nitrogens with one attached hydrogen (secondary N) is 1. The van der Waals surface area contributed by atoms with Gasteiger partial charge in [-0.05, 0) is 49.4 Å². The summed E-state index contributed by atoms with van der Waals surface area (Å²) in [6.07, 6.45) is 3.39. The molecular weight excluding hydrogens is 363 g/mol. The minimum absolute atomic E-state index is 0.119. The smallest absolute Gasteiger partial charge is 0.237 e. The second-order valence-corrected chi connectivity index (χ2v) is 7.56. The zero-order valence-electron chi connectivity index (χ0n) is 15.4. The molecule has 1 unspecified atom stereocenters. The molecule has 1 aromatic heterocycles. The molecule has 1 atom stereocenters. The van der Waals surface area contributed by atoms with Crippen LogP contribution in [0.5, 0.6) is 0 Å². The van der Waals surface area contributed by atoms with Crippen molar-refractivity contribution in [2.24, 2.45) is 0 Å². The average molecular weight is 384 g/mol. The number of halogens is 1. The van der Waals surface area contributed by atoms with E-state index < -0.39 is 0 Å². The number of hydrogen-bond acceptors (Lipinski definition) is 4. The molecule has 0 aliphatic heterocycles. The van der Waals surface area contributed by atoms with Gasteiger partial charge in [0.15, 0.2) is 5.16 Å². The molecule has 0 fully saturated rings. The van der Waals surface area contributed by atoms with Crippen molar-refractivity contribution >= 4 is 29.0 Å². The van der Waals surface area contributed by atoms with Crippen LogP contribution in [0.2, 0.25) is 0 Å². The predicted molar refractivity (Wildman–Crippen MR) is 108 cm³/mol. The lowest BCUT2D eigenvalue weighted by molar-refractivity contribution is -0.115. The number of amides is 1. The van der Waals surface area contributed by atoms with Crippen LogP contribution in [0.4, 0.5) is 15.8 Å². The number of benzene rings is 2. The molecule has 5 nitrogen and oxygen atoms in total. The lowest BCUT2D eigenvalue weighted by atomic mass is 10.2. The number of anilines is 2. The van der Waals surface area contributed by atoms with Crippen molar-refractivity contribution < 1.29 is 9.18 Å². The maximum Gasteiger partial charge on any atom is 0.237 e. The summed E-state index contributed by atoms with van der Waals surface area (Å²) in [5.41, 5.74) is 2.47. The van der Waals surface area contributed by atoms with Crippen molar-refractivity contribution in [3.05, 3.63) is 66.7 Å². The standard InChI is InChI=1S/C20H21FN4OS/c1-14(19(26)23-16-7-9-17(10-8-16)24(2)3)27-20-22-11-12-25(20)18-6-4-5-15(21)13-18/h4-14H,1-3H3,(H,23,26). The summed E-state index contributed by atoms with van der Waals surface area (Å²) in [4.78, 5) is 18.8. The Morgan fingerprint density at radius 3 is 2.63 bits per heavy atom. The zero-order valence-corrected chi connectivity index (χ0v) is 16.2. The monoisotopic (exact) mass is 384 g/mol. The van der Waals surface area contributed by atoms with Crippen molar-refractivity contribution in [2.75, 3.05) is 24.3 Å². The summed E-state index contributed by atoms with van der Waals surface area (Å²) >= 11 is 1.32. The van der Waals surface area contributed by atoms with E-state index in [2.05, 4.69) is 10.3 Å². The molecule has 0 saturated heterocycles. The molecule has 1 amide bonds. The van der Waals surface area contributed by atoms with Gasteiger partial charge in [-0.1, -0.05) is 17.8 Å². The maximum absolute atomic E-state index is 13.5. The normalized spacial score (nSPS) is 11.9. The van der Waals surface area contributed by atoms with Crippen LogP contribution >= 0.6 is 11.8 Å². The van der Waals surface area contributed by atoms with Crippen LogP contribution in [0.3, 0.4) is 0 Å². The lowest BCUT2D eigenvalue weighted by Gasteiger charge is -2.15. The fraction of sp³-hybridized carbons (Fsp3) is 0.200. The van der Waals surface area contributed by atoms with E-state index in [1.807, 2.05) is 50.2 Å². The third-order valence-corrected chi connectivity index (χ3v) is 5.08. The van der Waals surface area contributed by atoms with Gasteiger partial charge in [-0.2, -0.15) is 0 Å². The first-order valence-electron chi connectivity index (χ1n) is 8.48. The van der Waals surface area contributed by atoms with Crippen LogP contribution < -0.4 is 10.2 Å². The second kappa shape index (κ2) is 8.26. The molecule has 140 valence electrons. The van der Waals surface area contributed by atoms with E-state index in [9.17, 15) is 9.18 Å². The van der Waals surface area contributed by atoms with Gasteiger partial charge < -0.3 is 10.2 Å². The minimum Gasteiger partial charge on any atom is -0.378 e. The molecule has 3 aromatic rings. The Balaban J connectivity index is 1.68. The topological polar surface area (TPSA) is 50.2 Å². The molecule has 3 rings (SSSR count). The average Bonchev–Trinajstić information content (AvgIpc) is 3.10. The Bertz CT molecular complexity index is 924. The molecule has 0 spiro atoms. The van der Waals surface area contributed by atoms with Gasteiger partial charge >= 0.3 is 0 Å². The van der Waals surface area contributed by atoms with E-state index in [1.165, 1.54) is 23.9 Å². The van der Waals surface area contributed by atoms with Crippen molar-refractivity contribution in [3.8, 4) is 5.69 Å². The highest BCUT2D eigenvalue weighted by Gasteiger charge is 2.18. The minimum atomic E-state index is -0.367. The fourth-order valence-corrected chi connectivity index (χ4v) is 3.38. The number of imidazole rings is 1. The summed E-state index contributed by atoms with van der Waals surface area (Å²) in [6, 6.07) is 13.9. The van der Waals surface area contributed by atoms with E-state index in [0.717, 1.165) is 11.4 Å². The van der Waals surface area contributed by atoms with Crippen LogP contribution in [0.15, 0.2) is 66.1 Å². The molecular formula is C20H21FN4OS. The molecule has 2 aromatic carbocycles. The van der Waals surface area contributed by atoms with Crippen molar-refractivity contribution in [1.29, 1.82) is 0 Å². The Morgan fingerprint density at radius 1 is 1.22 bits per heavy atom. The van der Waals surface area contributed by atoms with E-state index >= 15 is 0 Å². The van der Waals surface area contributed by atoms with Gasteiger partial charge in [0, 0.05) is 37.9 Å². The highest BCUT2D eigenvalue weighted by atomic mass is 32.2. The van der Waals surface area contributed by atoms with Crippen molar-refractivity contribution in [2.45, 2.75) is 17.3 Å². The first-order chi connectivity index (χ1) is 12.9. The fourth-order valence-electron chi connectivity index (χ4n) is 2.50. The highest BCUT2D eigenvalue weighted by molar-refractivity contribution is 8.00. The maximum atomic E-state index is 13.5. The Morgan fingerprint density at radius 2 is 1.96 bits per heavy atom. The molecule has 1 N–H and O–H groups in total. The summed E-state index contributed by atoms with van der Waals surface area (Å²) < 4.78 is 15.3. The number of carbonyl (C=O) groups excluding carboxylic acids is 1. The number of carbonyl (C=O) groups is 1. The van der Waals surface area contributed by atoms with Gasteiger partial charge in [-0.25, -0.2) is 9.37 Å². The predicted octanol–water partition coefficient (Wildman–Crippen LogP) is 4.20. The quantitative estimate of drug-likeness (QED) is 0.647. The molecule has 1 heterocycles. The van der Waals surface area contributed by atoms with E-state index in [-0.39, 0.29) is 17.0 Å². The molecule has 0 aliphatic rings. The molecule has 0 aliphatic carbocycles. The van der Waals surface area contributed by atoms with Gasteiger partial charge in [0.2, 0.25) is 5.91 Å². The van der Waals surface area contributed by atoms with Crippen LogP contribution in [0.1, 0.15) is 6.92 Å². The Hall–Kier alpha value is -2.80. The van der Waals surface area contributed by atoms with E-state index in [4.69, 9.17) is 0 Å². The first-order valence-corrected chi connectivity index (χ1v) is 9.36. The molecule has 0 saturated carbocycles. The van der Waals surface area contributed by atoms with Crippen LogP contribution in [0.25, 0.3) is 5.69 Å². The van der Waals surface area contributed by atoms with Gasteiger partial charge in [0.1, 0.15) is 5.82 Å². The van der Waals surface area contributed by atoms with Crippen molar-refractivity contribution in [1.82, 2.24) is 9.55 Å². The van der Waals surface area contributed by atoms with Gasteiger partial charge in [-0.3, -0.25) is 9.36 Å². The molecule has 0 radical (unpaired) electrons. The number of aromatic nitrogens is 2. The third-order valence-electron chi connectivity index (χ3n) is 4.00. The Labute approximate surface area is 162 Å². The van der Waals surface area contributed by atoms with Gasteiger partial charge in [-0.15, -0.1) is 0 Å². The summed E-state index contributed by atoms with van der Waals surface area (Å²) in [5.74, 6) is -0.435. The summed E-state index contributed by atoms with van der Waals surface area (Å²) in [5, 5.41) is 3.18. The number of nitrogens with zero attached hydrogens (tertiary/aromatic N) is 3. The number of thioether (sulfide) groups is 1. The number of rotatable bonds is 6. The zero-order chi connectivity index (χ0) is 19.4. The molecule has 7 heteroatoms. The lowest BCUT2D eigenvalue weighted by Crippen LogP contribution is -2.22. The summed E-state index contributed by atoms with van der Waals surface area (Å²) in [7, 11) is 3.93. The van der Waals surface area contributed by atoms with E-state index in [1.54, 1.807) is 29.1 Å². The van der Waals surface area contributed by atoms with Gasteiger partial charge in [0.05, 0.1) is 10.9 Å². The number of hydrogen-bond donors (Lipinski definition) is 1. The van der Waals surface area contributed by atoms with Crippen LogP contribution in [-0.2, 0) is 4.79 Å². The Kier molecular flexibility index (Phi) is 5.81. The summed E-state index contributed by atoms with van der Waals surface area (Å²) in [6.45, 7) is 1.82. The van der Waals surface area contributed by atoms with Crippen LogP contribution in [0, 0.1) is 5.82 Å². The van der Waals surface area contributed by atoms with Gasteiger partial charge in [0.25, 0.3) is 0 Å². The molecule has 27 heavy (non-hydrogen) atoms. The second-order valence-electron chi connectivity index (χ2n) is 6.25. The van der Waals surface area contributed by atoms with E-state index in [0.29, 0.717) is 10.8 Å². The first kappa shape index (κ1) is 19.0. The van der Waals surface area contributed by atoms with Crippen molar-refractivity contribution in [3.63, 3.8) is 0 Å². The largest absolute Gasteiger partial charge is 0.378 e.